The Hall–Kier alpha value is -0.860. The number of hydrogen-bond acceptors (Lipinski definition) is 2. The fourth-order valence-corrected chi connectivity index (χ4v) is 3.55. The second-order valence-electron chi connectivity index (χ2n) is 6.38. The number of benzene rings is 1. The summed E-state index contributed by atoms with van der Waals surface area (Å²) in [5, 5.41) is 0. The first-order chi connectivity index (χ1) is 9.65. The van der Waals surface area contributed by atoms with Gasteiger partial charge < -0.3 is 5.73 Å². The number of nitrogens with zero attached hydrogens (tertiary/aromatic N) is 1. The summed E-state index contributed by atoms with van der Waals surface area (Å²) >= 11 is 0. The van der Waals surface area contributed by atoms with Crippen molar-refractivity contribution in [1.29, 1.82) is 0 Å². The van der Waals surface area contributed by atoms with Crippen molar-refractivity contribution in [2.45, 2.75) is 52.5 Å². The quantitative estimate of drug-likeness (QED) is 0.884. The molecule has 1 aromatic carbocycles. The van der Waals surface area contributed by atoms with Gasteiger partial charge in [0.15, 0.2) is 0 Å². The van der Waals surface area contributed by atoms with Crippen LogP contribution in [0.25, 0.3) is 0 Å². The van der Waals surface area contributed by atoms with Gasteiger partial charge in [-0.3, -0.25) is 4.90 Å². The van der Waals surface area contributed by atoms with Gasteiger partial charge in [0.25, 0.3) is 0 Å². The molecule has 2 rings (SSSR count). The molecule has 1 aromatic rings. The van der Waals surface area contributed by atoms with Crippen LogP contribution in [0.5, 0.6) is 0 Å². The van der Waals surface area contributed by atoms with Crippen LogP contribution in [0.3, 0.4) is 0 Å². The monoisotopic (exact) mass is 274 g/mol. The van der Waals surface area contributed by atoms with Gasteiger partial charge in [-0.15, -0.1) is 0 Å². The van der Waals surface area contributed by atoms with Crippen LogP contribution in [-0.2, 0) is 0 Å². The van der Waals surface area contributed by atoms with Crippen molar-refractivity contribution in [3.8, 4) is 0 Å². The van der Waals surface area contributed by atoms with Crippen LogP contribution >= 0.6 is 0 Å². The third-order valence-electron chi connectivity index (χ3n) is 4.80. The largest absolute Gasteiger partial charge is 0.329 e. The molecule has 1 fully saturated rings. The van der Waals surface area contributed by atoms with Crippen LogP contribution < -0.4 is 5.73 Å². The topological polar surface area (TPSA) is 29.3 Å². The van der Waals surface area contributed by atoms with Gasteiger partial charge in [-0.2, -0.15) is 0 Å². The Morgan fingerprint density at radius 3 is 2.55 bits per heavy atom. The first kappa shape index (κ1) is 15.5. The lowest BCUT2D eigenvalue weighted by Gasteiger charge is -2.38. The van der Waals surface area contributed by atoms with Gasteiger partial charge in [-0.25, -0.2) is 0 Å². The summed E-state index contributed by atoms with van der Waals surface area (Å²) in [6, 6.07) is 7.15. The maximum Gasteiger partial charge on any atom is 0.0473 e. The molecule has 20 heavy (non-hydrogen) atoms. The van der Waals surface area contributed by atoms with Crippen LogP contribution in [0.15, 0.2) is 18.2 Å². The van der Waals surface area contributed by atoms with E-state index in [1.54, 1.807) is 0 Å². The normalized spacial score (nSPS) is 19.2. The van der Waals surface area contributed by atoms with E-state index in [1.807, 2.05) is 0 Å². The number of rotatable bonds is 5. The van der Waals surface area contributed by atoms with E-state index in [0.29, 0.717) is 6.04 Å². The second kappa shape index (κ2) is 7.24. The molecule has 1 unspecified atom stereocenters. The molecule has 0 radical (unpaired) electrons. The highest BCUT2D eigenvalue weighted by Crippen LogP contribution is 2.30. The Labute approximate surface area is 124 Å². The van der Waals surface area contributed by atoms with Gasteiger partial charge in [0.05, 0.1) is 0 Å². The van der Waals surface area contributed by atoms with Gasteiger partial charge in [0.1, 0.15) is 0 Å². The Morgan fingerprint density at radius 1 is 1.25 bits per heavy atom. The number of nitrogens with two attached hydrogens (primary N) is 1. The summed E-state index contributed by atoms with van der Waals surface area (Å²) in [4.78, 5) is 2.61. The average molecular weight is 274 g/mol. The predicted molar refractivity (Wildman–Crippen MR) is 86.9 cm³/mol. The lowest BCUT2D eigenvalue weighted by Crippen LogP contribution is -2.40. The summed E-state index contributed by atoms with van der Waals surface area (Å²) in [7, 11) is 0. The maximum absolute atomic E-state index is 6.11. The highest BCUT2D eigenvalue weighted by atomic mass is 15.2. The molecule has 1 heterocycles. The van der Waals surface area contributed by atoms with E-state index < -0.39 is 0 Å². The van der Waals surface area contributed by atoms with E-state index in [1.165, 1.54) is 55.5 Å². The first-order valence-electron chi connectivity index (χ1n) is 8.17. The van der Waals surface area contributed by atoms with Gasteiger partial charge in [0.2, 0.25) is 0 Å². The molecule has 2 N–H and O–H groups in total. The summed E-state index contributed by atoms with van der Waals surface area (Å²) < 4.78 is 0. The summed E-state index contributed by atoms with van der Waals surface area (Å²) in [5.74, 6) is 0.938. The van der Waals surface area contributed by atoms with Gasteiger partial charge in [0, 0.05) is 12.6 Å². The zero-order valence-corrected chi connectivity index (χ0v) is 13.4. The molecule has 112 valence electrons. The maximum atomic E-state index is 6.11. The fraction of sp³-hybridized carbons (Fsp3) is 0.667. The molecule has 0 saturated carbocycles. The summed E-state index contributed by atoms with van der Waals surface area (Å²) in [6.07, 6.45) is 5.40. The van der Waals surface area contributed by atoms with Gasteiger partial charge in [-0.05, 0) is 56.8 Å². The highest BCUT2D eigenvalue weighted by molar-refractivity contribution is 5.33. The lowest BCUT2D eigenvalue weighted by atomic mass is 9.90. The van der Waals surface area contributed by atoms with E-state index in [0.717, 1.165) is 12.5 Å². The van der Waals surface area contributed by atoms with E-state index in [9.17, 15) is 0 Å². The number of piperidine rings is 1. The highest BCUT2D eigenvalue weighted by Gasteiger charge is 2.25. The SMILES string of the molecule is CCCC1CCN(C(CN)c2cc(C)ccc2C)CC1. The zero-order valence-electron chi connectivity index (χ0n) is 13.4. The molecule has 0 spiro atoms. The molecule has 1 saturated heterocycles. The van der Waals surface area contributed by atoms with Gasteiger partial charge in [-0.1, -0.05) is 43.5 Å². The molecule has 0 aromatic heterocycles. The van der Waals surface area contributed by atoms with E-state index in [4.69, 9.17) is 5.73 Å². The second-order valence-corrected chi connectivity index (χ2v) is 6.38. The molecule has 2 nitrogen and oxygen atoms in total. The van der Waals surface area contributed by atoms with E-state index >= 15 is 0 Å². The fourth-order valence-electron chi connectivity index (χ4n) is 3.55. The molecule has 2 heteroatoms. The average Bonchev–Trinajstić information content (AvgIpc) is 2.45. The van der Waals surface area contributed by atoms with Crippen LogP contribution in [0.1, 0.15) is 55.3 Å². The molecule has 0 bridgehead atoms. The van der Waals surface area contributed by atoms with Crippen molar-refractivity contribution in [2.24, 2.45) is 11.7 Å². The van der Waals surface area contributed by atoms with Crippen molar-refractivity contribution in [3.63, 3.8) is 0 Å². The van der Waals surface area contributed by atoms with E-state index in [-0.39, 0.29) is 0 Å². The van der Waals surface area contributed by atoms with E-state index in [2.05, 4.69) is 43.9 Å². The Kier molecular flexibility index (Phi) is 5.62. The van der Waals surface area contributed by atoms with Crippen LogP contribution in [0.4, 0.5) is 0 Å². The number of aryl methyl sites for hydroxylation is 2. The molecule has 1 aliphatic heterocycles. The van der Waals surface area contributed by atoms with Crippen LogP contribution in [-0.4, -0.2) is 24.5 Å². The summed E-state index contributed by atoms with van der Waals surface area (Å²) in [5.41, 5.74) is 10.3. The first-order valence-corrected chi connectivity index (χ1v) is 8.17. The molecule has 1 atom stereocenters. The molecular formula is C18H30N2. The van der Waals surface area contributed by atoms with Gasteiger partial charge >= 0.3 is 0 Å². The minimum Gasteiger partial charge on any atom is -0.329 e. The third-order valence-corrected chi connectivity index (χ3v) is 4.80. The minimum atomic E-state index is 0.400. The van der Waals surface area contributed by atoms with Crippen molar-refractivity contribution in [3.05, 3.63) is 34.9 Å². The predicted octanol–water partition coefficient (Wildman–Crippen LogP) is 3.82. The Balaban J connectivity index is 2.07. The zero-order chi connectivity index (χ0) is 14.5. The minimum absolute atomic E-state index is 0.400. The van der Waals surface area contributed by atoms with Crippen molar-refractivity contribution < 1.29 is 0 Å². The lowest BCUT2D eigenvalue weighted by molar-refractivity contribution is 0.131. The molecule has 0 aliphatic carbocycles. The summed E-state index contributed by atoms with van der Waals surface area (Å²) in [6.45, 7) is 9.82. The molecular weight excluding hydrogens is 244 g/mol. The molecule has 0 amide bonds. The molecule has 1 aliphatic rings. The Bertz CT molecular complexity index is 419. The smallest absolute Gasteiger partial charge is 0.0473 e. The number of hydrogen-bond donors (Lipinski definition) is 1. The number of likely N-dealkylation sites (tertiary alicyclic amines) is 1. The van der Waals surface area contributed by atoms with Crippen molar-refractivity contribution in [2.75, 3.05) is 19.6 Å². The van der Waals surface area contributed by atoms with Crippen LogP contribution in [0.2, 0.25) is 0 Å². The van der Waals surface area contributed by atoms with Crippen LogP contribution in [0, 0.1) is 19.8 Å². The standard InChI is InChI=1S/C18H30N2/c1-4-5-16-8-10-20(11-9-16)18(13-19)17-12-14(2)6-7-15(17)3/h6-7,12,16,18H,4-5,8-11,13,19H2,1-3H3. The van der Waals surface area contributed by atoms with Crippen molar-refractivity contribution in [1.82, 2.24) is 4.90 Å². The third kappa shape index (κ3) is 3.62. The Morgan fingerprint density at radius 2 is 1.95 bits per heavy atom. The van der Waals surface area contributed by atoms with Crippen molar-refractivity contribution >= 4 is 0 Å².